The number of hydrogen-bond acceptors (Lipinski definition) is 4. The first-order valence-electron chi connectivity index (χ1n) is 13.6. The van der Waals surface area contributed by atoms with Crippen LogP contribution in [0.2, 0.25) is 18.1 Å². The van der Waals surface area contributed by atoms with E-state index < -0.39 is 8.32 Å². The van der Waals surface area contributed by atoms with E-state index in [1.165, 1.54) is 70.6 Å². The molecule has 5 heteroatoms. The molecule has 0 fully saturated rings. The molecular weight excluding hydrogens is 440 g/mol. The lowest BCUT2D eigenvalue weighted by molar-refractivity contribution is 0.277. The summed E-state index contributed by atoms with van der Waals surface area (Å²) >= 11 is 0. The molecular formula is C29H54O4Si. The number of rotatable bonds is 19. The van der Waals surface area contributed by atoms with Crippen LogP contribution < -0.4 is 9.47 Å². The molecule has 0 saturated carbocycles. The van der Waals surface area contributed by atoms with E-state index in [4.69, 9.17) is 13.9 Å². The first-order chi connectivity index (χ1) is 16.2. The van der Waals surface area contributed by atoms with Gasteiger partial charge in [0.1, 0.15) is 11.5 Å². The summed E-state index contributed by atoms with van der Waals surface area (Å²) < 4.78 is 17.3. The van der Waals surface area contributed by atoms with Gasteiger partial charge in [-0.1, -0.05) is 85.0 Å². The summed E-state index contributed by atoms with van der Waals surface area (Å²) in [5.41, 5.74) is 1.95. The maximum absolute atomic E-state index is 9.41. The number of methoxy groups -OCH3 is 2. The van der Waals surface area contributed by atoms with Crippen LogP contribution in [0.25, 0.3) is 0 Å². The molecule has 1 rings (SSSR count). The highest BCUT2D eigenvalue weighted by atomic mass is 28.4. The van der Waals surface area contributed by atoms with Crippen molar-refractivity contribution in [2.45, 2.75) is 129 Å². The van der Waals surface area contributed by atoms with Crippen LogP contribution in [0.3, 0.4) is 0 Å². The summed E-state index contributed by atoms with van der Waals surface area (Å²) in [5, 5.41) is 9.73. The van der Waals surface area contributed by atoms with Crippen molar-refractivity contribution in [2.24, 2.45) is 0 Å². The number of benzene rings is 1. The van der Waals surface area contributed by atoms with Crippen molar-refractivity contribution in [3.05, 3.63) is 23.3 Å². The molecule has 0 aromatic heterocycles. The normalized spacial score (nSPS) is 12.2. The largest absolute Gasteiger partial charge is 0.496 e. The van der Waals surface area contributed by atoms with Crippen molar-refractivity contribution >= 4 is 8.32 Å². The average Bonchev–Trinajstić information content (AvgIpc) is 2.80. The minimum atomic E-state index is -1.56. The van der Waals surface area contributed by atoms with Crippen molar-refractivity contribution in [2.75, 3.05) is 20.8 Å². The Kier molecular flexibility index (Phi) is 15.1. The second-order valence-electron chi connectivity index (χ2n) is 11.2. The fraction of sp³-hybridized carbons (Fsp3) is 0.793. The van der Waals surface area contributed by atoms with Gasteiger partial charge < -0.3 is 19.0 Å². The number of ether oxygens (including phenoxy) is 2. The fourth-order valence-corrected chi connectivity index (χ4v) is 5.18. The van der Waals surface area contributed by atoms with E-state index in [2.05, 4.69) is 33.9 Å². The van der Waals surface area contributed by atoms with E-state index >= 15 is 0 Å². The maximum Gasteiger partial charge on any atom is 0.191 e. The Morgan fingerprint density at radius 1 is 0.706 bits per heavy atom. The standard InChI is InChI=1S/C29H54O4Si/c1-29(2,3)34(6,7)33-21-19-17-15-13-11-9-8-10-12-14-16-18-20-26-27(31-4)22-25(24-30)23-28(26)32-5/h22-23,30H,8-21,24H2,1-7H3. The second kappa shape index (κ2) is 16.6. The van der Waals surface area contributed by atoms with E-state index in [1.807, 2.05) is 12.1 Å². The van der Waals surface area contributed by atoms with Crippen LogP contribution in [0.4, 0.5) is 0 Å². The van der Waals surface area contributed by atoms with Crippen molar-refractivity contribution in [3.8, 4) is 11.5 Å². The summed E-state index contributed by atoms with van der Waals surface area (Å²) in [6.45, 7) is 12.6. The van der Waals surface area contributed by atoms with Crippen LogP contribution in [0.15, 0.2) is 12.1 Å². The third-order valence-electron chi connectivity index (χ3n) is 7.44. The third kappa shape index (κ3) is 11.6. The topological polar surface area (TPSA) is 47.9 Å². The van der Waals surface area contributed by atoms with Gasteiger partial charge in [-0.05, 0) is 55.1 Å². The maximum atomic E-state index is 9.41. The highest BCUT2D eigenvalue weighted by Crippen LogP contribution is 2.36. The first-order valence-corrected chi connectivity index (χ1v) is 16.6. The van der Waals surface area contributed by atoms with Crippen molar-refractivity contribution in [1.29, 1.82) is 0 Å². The van der Waals surface area contributed by atoms with Gasteiger partial charge >= 0.3 is 0 Å². The van der Waals surface area contributed by atoms with E-state index in [1.54, 1.807) is 14.2 Å². The molecule has 1 N–H and O–H groups in total. The van der Waals surface area contributed by atoms with Gasteiger partial charge in [-0.25, -0.2) is 0 Å². The molecule has 0 saturated heterocycles. The van der Waals surface area contributed by atoms with Crippen LogP contribution in [0, 0.1) is 0 Å². The summed E-state index contributed by atoms with van der Waals surface area (Å²) in [6.07, 6.45) is 16.7. The number of hydrogen-bond donors (Lipinski definition) is 1. The highest BCUT2D eigenvalue weighted by Gasteiger charge is 2.36. The molecule has 0 radical (unpaired) electrons. The Labute approximate surface area is 211 Å². The molecule has 0 aliphatic heterocycles. The Morgan fingerprint density at radius 2 is 1.12 bits per heavy atom. The Hall–Kier alpha value is -1.04. The molecule has 0 unspecified atom stereocenters. The van der Waals surface area contributed by atoms with Crippen LogP contribution in [0.1, 0.15) is 109 Å². The summed E-state index contributed by atoms with van der Waals surface area (Å²) in [5.74, 6) is 1.65. The van der Waals surface area contributed by atoms with E-state index in [0.29, 0.717) is 5.04 Å². The van der Waals surface area contributed by atoms with Gasteiger partial charge in [-0.15, -0.1) is 0 Å². The van der Waals surface area contributed by atoms with Crippen LogP contribution >= 0.6 is 0 Å². The molecule has 0 heterocycles. The zero-order valence-corrected chi connectivity index (χ0v) is 24.4. The van der Waals surface area contributed by atoms with Crippen LogP contribution in [-0.2, 0) is 17.5 Å². The fourth-order valence-electron chi connectivity index (χ4n) is 4.09. The van der Waals surface area contributed by atoms with Crippen LogP contribution in [-0.4, -0.2) is 34.3 Å². The molecule has 1 aromatic rings. The molecule has 1 aromatic carbocycles. The zero-order chi connectivity index (χ0) is 25.5. The summed E-state index contributed by atoms with van der Waals surface area (Å²) in [4.78, 5) is 0. The van der Waals surface area contributed by atoms with Crippen molar-refractivity contribution < 1.29 is 19.0 Å². The second-order valence-corrected chi connectivity index (χ2v) is 16.0. The van der Waals surface area contributed by atoms with Crippen molar-refractivity contribution in [1.82, 2.24) is 0 Å². The highest BCUT2D eigenvalue weighted by molar-refractivity contribution is 6.74. The number of aliphatic hydroxyl groups excluding tert-OH is 1. The van der Waals surface area contributed by atoms with Gasteiger partial charge in [0.05, 0.1) is 20.8 Å². The van der Waals surface area contributed by atoms with E-state index in [-0.39, 0.29) is 6.61 Å². The molecule has 0 bridgehead atoms. The molecule has 4 nitrogen and oxygen atoms in total. The van der Waals surface area contributed by atoms with Gasteiger partial charge in [-0.3, -0.25) is 0 Å². The zero-order valence-electron chi connectivity index (χ0n) is 23.4. The predicted octanol–water partition coefficient (Wildman–Crippen LogP) is 8.44. The van der Waals surface area contributed by atoms with Gasteiger partial charge in [0, 0.05) is 12.2 Å². The van der Waals surface area contributed by atoms with E-state index in [9.17, 15) is 5.11 Å². The molecule has 0 aliphatic rings. The Bertz CT molecular complexity index is 642. The summed E-state index contributed by atoms with van der Waals surface area (Å²) in [7, 11) is 1.81. The smallest absolute Gasteiger partial charge is 0.191 e. The quantitative estimate of drug-likeness (QED) is 0.155. The lowest BCUT2D eigenvalue weighted by atomic mass is 10.0. The lowest BCUT2D eigenvalue weighted by Gasteiger charge is -2.36. The van der Waals surface area contributed by atoms with Crippen molar-refractivity contribution in [3.63, 3.8) is 0 Å². The average molecular weight is 495 g/mol. The predicted molar refractivity (Wildman–Crippen MR) is 148 cm³/mol. The van der Waals surface area contributed by atoms with Gasteiger partial charge in [0.2, 0.25) is 0 Å². The Morgan fingerprint density at radius 3 is 1.50 bits per heavy atom. The van der Waals surface area contributed by atoms with Crippen LogP contribution in [0.5, 0.6) is 11.5 Å². The van der Waals surface area contributed by atoms with Gasteiger partial charge in [-0.2, -0.15) is 0 Å². The van der Waals surface area contributed by atoms with Gasteiger partial charge in [0.25, 0.3) is 0 Å². The first kappa shape index (κ1) is 31.0. The minimum absolute atomic E-state index is 0.000614. The molecule has 198 valence electrons. The molecule has 34 heavy (non-hydrogen) atoms. The molecule has 0 atom stereocenters. The Balaban J connectivity index is 2.02. The SMILES string of the molecule is COc1cc(CO)cc(OC)c1CCCCCCCCCCCCCCO[Si](C)(C)C(C)(C)C. The molecule has 0 spiro atoms. The third-order valence-corrected chi connectivity index (χ3v) is 12.0. The number of unbranched alkanes of at least 4 members (excludes halogenated alkanes) is 11. The monoisotopic (exact) mass is 494 g/mol. The van der Waals surface area contributed by atoms with Gasteiger partial charge in [0.15, 0.2) is 8.32 Å². The number of aliphatic hydroxyl groups is 1. The minimum Gasteiger partial charge on any atom is -0.496 e. The summed E-state index contributed by atoms with van der Waals surface area (Å²) in [6, 6.07) is 3.84. The molecule has 0 amide bonds. The lowest BCUT2D eigenvalue weighted by Crippen LogP contribution is -2.40. The van der Waals surface area contributed by atoms with E-state index in [0.717, 1.165) is 42.1 Å². The molecule has 0 aliphatic carbocycles.